The Morgan fingerprint density at radius 1 is 1.30 bits per heavy atom. The highest BCUT2D eigenvalue weighted by atomic mass is 32.2. The Hall–Kier alpha value is -2.88. The van der Waals surface area contributed by atoms with E-state index in [2.05, 4.69) is 19.7 Å². The molecule has 6 N–H and O–H groups in total. The number of phenolic OH excluding ortho intramolecular Hbond substituents is 1. The van der Waals surface area contributed by atoms with Crippen molar-refractivity contribution in [3.8, 4) is 5.75 Å². The lowest BCUT2D eigenvalue weighted by Gasteiger charge is -2.26. The Balaban J connectivity index is 1.44. The molecular formula is C19H24N6O7S. The standard InChI is InChI=1S/C19H24N6O7S/c1-10(25-9-23-15-17(20)21-8-22-18(15)25)31-14(13(28)7-26)6-24-33(29,30)19-16(32-19)11-4-2-3-5-12(11)27/h2-5,8-10,13-14,16,19,24,26-28H,6-7H2,1H3,(H2,20,21,22)/t10?,13?,14-,16?,19?/m1/s1. The fraction of sp³-hybridized carbons (Fsp3) is 0.421. The van der Waals surface area contributed by atoms with Crippen LogP contribution >= 0.6 is 0 Å². The molecule has 1 saturated heterocycles. The van der Waals surface area contributed by atoms with Crippen molar-refractivity contribution in [2.75, 3.05) is 18.9 Å². The van der Waals surface area contributed by atoms with Crippen LogP contribution in [0.25, 0.3) is 11.2 Å². The van der Waals surface area contributed by atoms with Crippen molar-refractivity contribution in [1.29, 1.82) is 0 Å². The number of aliphatic hydroxyl groups is 2. The van der Waals surface area contributed by atoms with E-state index in [1.807, 2.05) is 0 Å². The molecule has 1 aromatic carbocycles. The Morgan fingerprint density at radius 2 is 2.06 bits per heavy atom. The third-order valence-corrected chi connectivity index (χ3v) is 6.79. The molecule has 3 heterocycles. The number of aliphatic hydroxyl groups excluding tert-OH is 2. The highest BCUT2D eigenvalue weighted by Crippen LogP contribution is 2.44. The van der Waals surface area contributed by atoms with Gasteiger partial charge in [0.15, 0.2) is 11.5 Å². The number of para-hydroxylation sites is 1. The second kappa shape index (κ2) is 9.17. The summed E-state index contributed by atoms with van der Waals surface area (Å²) in [4.78, 5) is 12.1. The average Bonchev–Trinajstić information content (AvgIpc) is 3.48. The lowest BCUT2D eigenvalue weighted by molar-refractivity contribution is -0.105. The number of epoxide rings is 1. The van der Waals surface area contributed by atoms with Crippen LogP contribution in [-0.2, 0) is 19.5 Å². The normalized spacial score (nSPS) is 21.1. The number of nitrogens with zero attached hydrogens (tertiary/aromatic N) is 4. The molecule has 0 amide bonds. The maximum absolute atomic E-state index is 12.7. The zero-order valence-corrected chi connectivity index (χ0v) is 18.3. The predicted molar refractivity (Wildman–Crippen MR) is 115 cm³/mol. The number of phenols is 1. The van der Waals surface area contributed by atoms with Crippen LogP contribution in [0.4, 0.5) is 5.82 Å². The number of aromatic nitrogens is 4. The van der Waals surface area contributed by atoms with E-state index in [-0.39, 0.29) is 18.1 Å². The number of rotatable bonds is 10. The number of nitrogens with two attached hydrogens (primary N) is 1. The van der Waals surface area contributed by atoms with Crippen LogP contribution in [0.15, 0.2) is 36.9 Å². The van der Waals surface area contributed by atoms with Crippen molar-refractivity contribution < 1.29 is 33.2 Å². The molecule has 0 bridgehead atoms. The van der Waals surface area contributed by atoms with E-state index in [0.717, 1.165) is 0 Å². The zero-order valence-electron chi connectivity index (χ0n) is 17.5. The van der Waals surface area contributed by atoms with Gasteiger partial charge in [0.2, 0.25) is 15.5 Å². The molecule has 2 aromatic heterocycles. The molecule has 5 atom stereocenters. The van der Waals surface area contributed by atoms with Gasteiger partial charge < -0.3 is 30.5 Å². The summed E-state index contributed by atoms with van der Waals surface area (Å²) >= 11 is 0. The molecular weight excluding hydrogens is 456 g/mol. The second-order valence-electron chi connectivity index (χ2n) is 7.48. The first-order valence-electron chi connectivity index (χ1n) is 10.0. The van der Waals surface area contributed by atoms with E-state index in [4.69, 9.17) is 15.2 Å². The van der Waals surface area contributed by atoms with Crippen molar-refractivity contribution in [1.82, 2.24) is 24.2 Å². The first-order valence-corrected chi connectivity index (χ1v) is 11.6. The SMILES string of the molecule is CC(O[C@H](CNS(=O)(=O)C1OC1c1ccccc1O)C(O)CO)n1cnc2c(N)ncnc21. The minimum atomic E-state index is -3.98. The van der Waals surface area contributed by atoms with Gasteiger partial charge in [-0.1, -0.05) is 18.2 Å². The summed E-state index contributed by atoms with van der Waals surface area (Å²) in [6.45, 7) is 0.647. The van der Waals surface area contributed by atoms with E-state index in [1.54, 1.807) is 25.1 Å². The molecule has 4 unspecified atom stereocenters. The molecule has 0 spiro atoms. The van der Waals surface area contributed by atoms with Crippen molar-refractivity contribution in [3.63, 3.8) is 0 Å². The smallest absolute Gasteiger partial charge is 0.241 e. The lowest BCUT2D eigenvalue weighted by atomic mass is 10.1. The summed E-state index contributed by atoms with van der Waals surface area (Å²) in [5, 5.41) is 29.5. The molecule has 4 rings (SSSR count). The van der Waals surface area contributed by atoms with E-state index in [0.29, 0.717) is 16.7 Å². The Bertz CT molecular complexity index is 1240. The topological polar surface area (TPSA) is 198 Å². The fourth-order valence-electron chi connectivity index (χ4n) is 3.41. The van der Waals surface area contributed by atoms with Crippen molar-refractivity contribution in [3.05, 3.63) is 42.5 Å². The van der Waals surface area contributed by atoms with E-state index >= 15 is 0 Å². The number of benzene rings is 1. The summed E-state index contributed by atoms with van der Waals surface area (Å²) < 4.78 is 40.3. The number of nitrogens with one attached hydrogen (secondary N) is 1. The van der Waals surface area contributed by atoms with E-state index < -0.39 is 46.6 Å². The van der Waals surface area contributed by atoms with Crippen LogP contribution in [0.3, 0.4) is 0 Å². The third kappa shape index (κ3) is 4.75. The summed E-state index contributed by atoms with van der Waals surface area (Å²) in [6, 6.07) is 6.29. The van der Waals surface area contributed by atoms with Gasteiger partial charge in [-0.2, -0.15) is 0 Å². The van der Waals surface area contributed by atoms with Gasteiger partial charge in [0.25, 0.3) is 0 Å². The molecule has 13 nitrogen and oxygen atoms in total. The number of ether oxygens (including phenoxy) is 2. The molecule has 0 radical (unpaired) electrons. The Labute approximate surface area is 188 Å². The van der Waals surface area contributed by atoms with Gasteiger partial charge in [0.05, 0.1) is 12.9 Å². The van der Waals surface area contributed by atoms with Crippen LogP contribution in [0.5, 0.6) is 5.75 Å². The zero-order chi connectivity index (χ0) is 23.8. The summed E-state index contributed by atoms with van der Waals surface area (Å²) in [7, 11) is -3.98. The molecule has 0 aliphatic carbocycles. The quantitative estimate of drug-likeness (QED) is 0.232. The first-order chi connectivity index (χ1) is 15.7. The van der Waals surface area contributed by atoms with Crippen LogP contribution in [0.2, 0.25) is 0 Å². The Kier molecular flexibility index (Phi) is 6.47. The second-order valence-corrected chi connectivity index (χ2v) is 9.33. The fourth-order valence-corrected chi connectivity index (χ4v) is 4.71. The number of anilines is 1. The maximum atomic E-state index is 12.7. The van der Waals surface area contributed by atoms with Gasteiger partial charge in [0.1, 0.15) is 42.1 Å². The number of hydrogen-bond acceptors (Lipinski definition) is 11. The summed E-state index contributed by atoms with van der Waals surface area (Å²) in [5.74, 6) is 0.122. The molecule has 1 aliphatic heterocycles. The molecule has 1 fully saturated rings. The number of nitrogen functional groups attached to an aromatic ring is 1. The van der Waals surface area contributed by atoms with E-state index in [9.17, 15) is 23.7 Å². The number of fused-ring (bicyclic) bond motifs is 1. The van der Waals surface area contributed by atoms with Gasteiger partial charge in [0, 0.05) is 12.1 Å². The van der Waals surface area contributed by atoms with Crippen molar-refractivity contribution >= 4 is 27.0 Å². The predicted octanol–water partition coefficient (Wildman–Crippen LogP) is -0.612. The monoisotopic (exact) mass is 480 g/mol. The molecule has 33 heavy (non-hydrogen) atoms. The minimum Gasteiger partial charge on any atom is -0.508 e. The van der Waals surface area contributed by atoms with Crippen LogP contribution in [0.1, 0.15) is 24.8 Å². The molecule has 3 aromatic rings. The number of imidazole rings is 1. The first kappa shape index (κ1) is 23.3. The van der Waals surface area contributed by atoms with E-state index in [1.165, 1.54) is 23.3 Å². The highest BCUT2D eigenvalue weighted by molar-refractivity contribution is 7.90. The van der Waals surface area contributed by atoms with Crippen LogP contribution < -0.4 is 10.5 Å². The number of sulfonamides is 1. The molecule has 1 aliphatic rings. The van der Waals surface area contributed by atoms with Crippen molar-refractivity contribution in [2.45, 2.75) is 36.9 Å². The van der Waals surface area contributed by atoms with Gasteiger partial charge in [-0.3, -0.25) is 4.57 Å². The van der Waals surface area contributed by atoms with Crippen molar-refractivity contribution in [2.24, 2.45) is 0 Å². The van der Waals surface area contributed by atoms with Crippen LogP contribution in [-0.4, -0.2) is 74.1 Å². The minimum absolute atomic E-state index is 0.0667. The third-order valence-electron chi connectivity index (χ3n) is 5.25. The van der Waals surface area contributed by atoms with Gasteiger partial charge >= 0.3 is 0 Å². The average molecular weight is 481 g/mol. The van der Waals surface area contributed by atoms with Crippen LogP contribution in [0, 0.1) is 0 Å². The van der Waals surface area contributed by atoms with Gasteiger partial charge in [-0.15, -0.1) is 0 Å². The number of aromatic hydroxyl groups is 1. The maximum Gasteiger partial charge on any atom is 0.241 e. The molecule has 178 valence electrons. The van der Waals surface area contributed by atoms with Gasteiger partial charge in [-0.05, 0) is 13.0 Å². The number of hydrogen-bond donors (Lipinski definition) is 5. The lowest BCUT2D eigenvalue weighted by Crippen LogP contribution is -2.44. The summed E-state index contributed by atoms with van der Waals surface area (Å²) in [6.07, 6.45) is -1.34. The highest BCUT2D eigenvalue weighted by Gasteiger charge is 2.51. The molecule has 14 heteroatoms. The molecule has 0 saturated carbocycles. The summed E-state index contributed by atoms with van der Waals surface area (Å²) in [5.41, 5.74) is 5.71. The van der Waals surface area contributed by atoms with Gasteiger partial charge in [-0.25, -0.2) is 28.1 Å². The Morgan fingerprint density at radius 3 is 2.79 bits per heavy atom. The largest absolute Gasteiger partial charge is 0.508 e.